The lowest BCUT2D eigenvalue weighted by atomic mass is 9.79. The Labute approximate surface area is 150 Å². The molecule has 2 N–H and O–H groups in total. The summed E-state index contributed by atoms with van der Waals surface area (Å²) in [7, 11) is 1.31. The summed E-state index contributed by atoms with van der Waals surface area (Å²) in [5, 5.41) is 12.8. The summed E-state index contributed by atoms with van der Waals surface area (Å²) in [5.41, 5.74) is 0.347. The van der Waals surface area contributed by atoms with E-state index < -0.39 is 23.8 Å². The van der Waals surface area contributed by atoms with Gasteiger partial charge in [0.15, 0.2) is 0 Å². The van der Waals surface area contributed by atoms with E-state index in [0.29, 0.717) is 10.6 Å². The molecule has 136 valence electrons. The molecule has 25 heavy (non-hydrogen) atoms. The average Bonchev–Trinajstić information content (AvgIpc) is 3.28. The van der Waals surface area contributed by atoms with Crippen molar-refractivity contribution in [3.8, 4) is 0 Å². The zero-order chi connectivity index (χ0) is 18.1. The van der Waals surface area contributed by atoms with Crippen molar-refractivity contribution >= 4 is 34.2 Å². The number of carboxylic acid groups (broad SMARTS) is 1. The van der Waals surface area contributed by atoms with Crippen LogP contribution in [0.1, 0.15) is 47.8 Å². The molecule has 7 heteroatoms. The normalized spacial score (nSPS) is 27.3. The van der Waals surface area contributed by atoms with Crippen LogP contribution in [-0.4, -0.2) is 30.1 Å². The van der Waals surface area contributed by atoms with Crippen LogP contribution in [0, 0.1) is 23.7 Å². The van der Waals surface area contributed by atoms with E-state index in [4.69, 9.17) is 4.74 Å². The number of carboxylic acids is 1. The first-order valence-electron chi connectivity index (χ1n) is 8.70. The van der Waals surface area contributed by atoms with E-state index in [9.17, 15) is 19.5 Å². The van der Waals surface area contributed by atoms with Crippen LogP contribution in [0.3, 0.4) is 0 Å². The number of esters is 1. The summed E-state index contributed by atoms with van der Waals surface area (Å²) in [6.45, 7) is 2.04. The molecule has 6 nitrogen and oxygen atoms in total. The van der Waals surface area contributed by atoms with Crippen LogP contribution in [0.5, 0.6) is 0 Å². The highest BCUT2D eigenvalue weighted by Gasteiger charge is 2.54. The topological polar surface area (TPSA) is 92.7 Å². The van der Waals surface area contributed by atoms with Crippen LogP contribution in [0.15, 0.2) is 6.07 Å². The molecule has 0 saturated heterocycles. The van der Waals surface area contributed by atoms with E-state index in [1.807, 2.05) is 6.92 Å². The van der Waals surface area contributed by atoms with Gasteiger partial charge in [-0.25, -0.2) is 4.79 Å². The van der Waals surface area contributed by atoms with Gasteiger partial charge in [-0.05, 0) is 43.6 Å². The van der Waals surface area contributed by atoms with Crippen LogP contribution in [0.4, 0.5) is 5.00 Å². The molecular weight excluding hydrogens is 342 g/mol. The Hall–Kier alpha value is -1.89. The molecule has 0 unspecified atom stereocenters. The van der Waals surface area contributed by atoms with Gasteiger partial charge in [-0.15, -0.1) is 11.3 Å². The van der Waals surface area contributed by atoms with Crippen molar-refractivity contribution in [3.63, 3.8) is 0 Å². The van der Waals surface area contributed by atoms with Crippen molar-refractivity contribution in [2.24, 2.45) is 23.7 Å². The summed E-state index contributed by atoms with van der Waals surface area (Å²) in [4.78, 5) is 37.4. The highest BCUT2D eigenvalue weighted by atomic mass is 32.1. The van der Waals surface area contributed by atoms with Gasteiger partial charge in [-0.3, -0.25) is 9.59 Å². The van der Waals surface area contributed by atoms with Gasteiger partial charge in [0.1, 0.15) is 5.00 Å². The van der Waals surface area contributed by atoms with Crippen molar-refractivity contribution in [1.82, 2.24) is 0 Å². The number of aryl methyl sites for hydroxylation is 1. The van der Waals surface area contributed by atoms with Crippen LogP contribution in [0.25, 0.3) is 0 Å². The molecule has 1 heterocycles. The van der Waals surface area contributed by atoms with E-state index >= 15 is 0 Å². The smallest absolute Gasteiger partial charge is 0.340 e. The number of carbonyl (C=O) groups excluding carboxylic acids is 2. The number of thiophene rings is 1. The van der Waals surface area contributed by atoms with Crippen LogP contribution < -0.4 is 5.32 Å². The van der Waals surface area contributed by atoms with E-state index in [2.05, 4.69) is 5.32 Å². The molecule has 3 rings (SSSR count). The Morgan fingerprint density at radius 1 is 1.28 bits per heavy atom. The highest BCUT2D eigenvalue weighted by molar-refractivity contribution is 7.16. The van der Waals surface area contributed by atoms with Crippen molar-refractivity contribution in [1.29, 1.82) is 0 Å². The van der Waals surface area contributed by atoms with Gasteiger partial charge >= 0.3 is 11.9 Å². The molecule has 2 bridgehead atoms. The molecule has 0 aromatic carbocycles. The number of hydrogen-bond donors (Lipinski definition) is 2. The first-order valence-corrected chi connectivity index (χ1v) is 9.52. The maximum absolute atomic E-state index is 12.8. The third kappa shape index (κ3) is 3.29. The van der Waals surface area contributed by atoms with Crippen molar-refractivity contribution < 1.29 is 24.2 Å². The molecule has 1 amide bonds. The lowest BCUT2D eigenvalue weighted by molar-refractivity contribution is -0.148. The molecule has 0 aliphatic heterocycles. The largest absolute Gasteiger partial charge is 0.481 e. The van der Waals surface area contributed by atoms with Gasteiger partial charge < -0.3 is 15.2 Å². The number of methoxy groups -OCH3 is 1. The Bertz CT molecular complexity index is 698. The molecule has 1 aromatic rings. The summed E-state index contributed by atoms with van der Waals surface area (Å²) >= 11 is 1.36. The molecule has 0 spiro atoms. The lowest BCUT2D eigenvalue weighted by Crippen LogP contribution is -2.37. The highest BCUT2D eigenvalue weighted by Crippen LogP contribution is 2.52. The van der Waals surface area contributed by atoms with Crippen molar-refractivity contribution in [2.45, 2.75) is 39.0 Å². The second kappa shape index (κ2) is 7.15. The van der Waals surface area contributed by atoms with Gasteiger partial charge in [-0.1, -0.05) is 13.3 Å². The monoisotopic (exact) mass is 365 g/mol. The summed E-state index contributed by atoms with van der Waals surface area (Å²) < 4.78 is 4.81. The molecule has 2 saturated carbocycles. The van der Waals surface area contributed by atoms with Gasteiger partial charge in [0.2, 0.25) is 5.91 Å². The number of ether oxygens (including phenoxy) is 1. The third-order valence-electron chi connectivity index (χ3n) is 5.43. The lowest BCUT2D eigenvalue weighted by Gasteiger charge is -2.26. The van der Waals surface area contributed by atoms with Crippen molar-refractivity contribution in [3.05, 3.63) is 16.5 Å². The Kier molecular flexibility index (Phi) is 5.13. The number of anilines is 1. The number of amides is 1. The van der Waals surface area contributed by atoms with E-state index in [0.717, 1.165) is 37.0 Å². The number of aliphatic carboxylic acids is 1. The zero-order valence-corrected chi connectivity index (χ0v) is 15.2. The SMILES string of the molecule is CCCc1cc(C(=O)OC)c(NC(=O)[C@H]2[C@@H]3CC[C@@H](C3)[C@@H]2C(=O)O)s1. The Morgan fingerprint density at radius 2 is 1.96 bits per heavy atom. The molecule has 0 radical (unpaired) electrons. The van der Waals surface area contributed by atoms with Crippen LogP contribution in [-0.2, 0) is 20.7 Å². The number of carbonyl (C=O) groups is 3. The number of hydrogen-bond acceptors (Lipinski definition) is 5. The zero-order valence-electron chi connectivity index (χ0n) is 14.4. The van der Waals surface area contributed by atoms with Gasteiger partial charge in [0.25, 0.3) is 0 Å². The predicted octanol–water partition coefficient (Wildman–Crippen LogP) is 3.17. The van der Waals surface area contributed by atoms with E-state index in [1.165, 1.54) is 18.4 Å². The summed E-state index contributed by atoms with van der Waals surface area (Å²) in [6, 6.07) is 1.76. The molecule has 2 fully saturated rings. The molecule has 2 aliphatic rings. The van der Waals surface area contributed by atoms with E-state index in [-0.39, 0.29) is 17.7 Å². The second-order valence-corrected chi connectivity index (χ2v) is 8.05. The maximum atomic E-state index is 12.8. The maximum Gasteiger partial charge on any atom is 0.340 e. The minimum absolute atomic E-state index is 0.0947. The van der Waals surface area contributed by atoms with Crippen LogP contribution >= 0.6 is 11.3 Å². The van der Waals surface area contributed by atoms with Crippen molar-refractivity contribution in [2.75, 3.05) is 12.4 Å². The molecule has 4 atom stereocenters. The number of fused-ring (bicyclic) bond motifs is 2. The third-order valence-corrected chi connectivity index (χ3v) is 6.54. The fraction of sp³-hybridized carbons (Fsp3) is 0.611. The fourth-order valence-corrected chi connectivity index (χ4v) is 5.53. The first kappa shape index (κ1) is 17.9. The number of nitrogens with one attached hydrogen (secondary N) is 1. The number of rotatable bonds is 6. The second-order valence-electron chi connectivity index (χ2n) is 6.91. The average molecular weight is 365 g/mol. The summed E-state index contributed by atoms with van der Waals surface area (Å²) in [6.07, 6.45) is 4.35. The minimum Gasteiger partial charge on any atom is -0.481 e. The quantitative estimate of drug-likeness (QED) is 0.755. The van der Waals surface area contributed by atoms with Gasteiger partial charge in [0, 0.05) is 4.88 Å². The van der Waals surface area contributed by atoms with Gasteiger partial charge in [0.05, 0.1) is 24.5 Å². The minimum atomic E-state index is -0.890. The first-order chi connectivity index (χ1) is 12.0. The molecule has 2 aliphatic carbocycles. The van der Waals surface area contributed by atoms with Gasteiger partial charge in [-0.2, -0.15) is 0 Å². The summed E-state index contributed by atoms with van der Waals surface area (Å²) in [5.74, 6) is -2.57. The fourth-order valence-electron chi connectivity index (χ4n) is 4.39. The molecule has 1 aromatic heterocycles. The van der Waals surface area contributed by atoms with E-state index in [1.54, 1.807) is 6.07 Å². The predicted molar refractivity (Wildman–Crippen MR) is 93.7 cm³/mol. The van der Waals surface area contributed by atoms with Crippen LogP contribution in [0.2, 0.25) is 0 Å². The standard InChI is InChI=1S/C18H23NO5S/c1-3-4-11-8-12(18(23)24-2)16(25-11)19-15(20)13-9-5-6-10(7-9)14(13)17(21)22/h8-10,13-14H,3-7H2,1-2H3,(H,19,20)(H,21,22)/t9-,10+,13+,14+/m1/s1. The Morgan fingerprint density at radius 3 is 2.56 bits per heavy atom. The Balaban J connectivity index is 1.83. The molecular formula is C18H23NO5S.